The second-order valence-corrected chi connectivity index (χ2v) is 11.8. The zero-order valence-corrected chi connectivity index (χ0v) is 18.5. The summed E-state index contributed by atoms with van der Waals surface area (Å²) in [5, 5.41) is 21.3. The summed E-state index contributed by atoms with van der Waals surface area (Å²) in [6.07, 6.45) is 4.78. The van der Waals surface area contributed by atoms with Crippen molar-refractivity contribution >= 4 is 31.9 Å². The molecule has 3 fully saturated rings. The Morgan fingerprint density at radius 2 is 1.58 bits per heavy atom. The van der Waals surface area contributed by atoms with Crippen molar-refractivity contribution in [2.75, 3.05) is 0 Å². The van der Waals surface area contributed by atoms with Crippen LogP contribution in [0, 0.1) is 29.1 Å². The van der Waals surface area contributed by atoms with Gasteiger partial charge in [0.05, 0.1) is 11.2 Å². The Bertz CT molecular complexity index is 526. The Morgan fingerprint density at radius 3 is 2.12 bits per heavy atom. The highest BCUT2D eigenvalue weighted by molar-refractivity contribution is 9.09. The van der Waals surface area contributed by atoms with Crippen LogP contribution in [-0.4, -0.2) is 31.1 Å². The molecule has 0 spiro atoms. The molecule has 0 aliphatic heterocycles. The smallest absolute Gasteiger partial charge is 0.0744 e. The molecule has 138 valence electrons. The lowest BCUT2D eigenvalue weighted by Gasteiger charge is -2.43. The summed E-state index contributed by atoms with van der Waals surface area (Å²) >= 11 is 7.68. The third kappa shape index (κ3) is 2.88. The third-order valence-electron chi connectivity index (χ3n) is 7.62. The van der Waals surface area contributed by atoms with E-state index in [0.29, 0.717) is 28.5 Å². The van der Waals surface area contributed by atoms with Gasteiger partial charge in [0.2, 0.25) is 0 Å². The molecule has 3 saturated carbocycles. The summed E-state index contributed by atoms with van der Waals surface area (Å²) in [4.78, 5) is 0.417. The van der Waals surface area contributed by atoms with E-state index >= 15 is 0 Å². The molecule has 8 atom stereocenters. The normalized spacial score (nSPS) is 53.8. The van der Waals surface area contributed by atoms with Gasteiger partial charge < -0.3 is 10.2 Å². The van der Waals surface area contributed by atoms with Gasteiger partial charge in [-0.05, 0) is 69.1 Å². The second-order valence-electron chi connectivity index (χ2n) is 9.64. The predicted octanol–water partition coefficient (Wildman–Crippen LogP) is 5.05. The number of rotatable bonds is 2. The van der Waals surface area contributed by atoms with Gasteiger partial charge in [-0.15, -0.1) is 0 Å². The van der Waals surface area contributed by atoms with Crippen molar-refractivity contribution in [3.8, 4) is 0 Å². The number of aliphatic hydroxyl groups is 2. The van der Waals surface area contributed by atoms with Crippen LogP contribution in [0.5, 0.6) is 0 Å². The van der Waals surface area contributed by atoms with Crippen molar-refractivity contribution in [3.63, 3.8) is 0 Å². The Balaban J connectivity index is 1.83. The molecule has 2 N–H and O–H groups in total. The van der Waals surface area contributed by atoms with Crippen molar-refractivity contribution in [2.45, 2.75) is 80.7 Å². The zero-order valence-electron chi connectivity index (χ0n) is 15.4. The molecular formula is C20H32Br2O2. The molecule has 0 aromatic heterocycles. The highest BCUT2D eigenvalue weighted by Crippen LogP contribution is 2.65. The lowest BCUT2D eigenvalue weighted by atomic mass is 9.66. The van der Waals surface area contributed by atoms with Gasteiger partial charge in [0.25, 0.3) is 0 Å². The fourth-order valence-electron chi connectivity index (χ4n) is 5.99. The van der Waals surface area contributed by atoms with E-state index in [9.17, 15) is 10.2 Å². The minimum Gasteiger partial charge on any atom is -0.390 e. The second kappa shape index (κ2) is 6.07. The van der Waals surface area contributed by atoms with E-state index in [-0.39, 0.29) is 10.2 Å². The van der Waals surface area contributed by atoms with Crippen LogP contribution in [0.25, 0.3) is 0 Å². The van der Waals surface area contributed by atoms with Crippen LogP contribution in [0.15, 0.2) is 12.2 Å². The molecule has 4 heteroatoms. The molecule has 0 aromatic carbocycles. The number of halogens is 2. The zero-order chi connectivity index (χ0) is 18.1. The summed E-state index contributed by atoms with van der Waals surface area (Å²) in [5.74, 6) is 1.68. The van der Waals surface area contributed by atoms with Gasteiger partial charge in [-0.2, -0.15) is 0 Å². The number of fused-ring (bicyclic) bond motifs is 1. The molecule has 0 amide bonds. The fraction of sp³-hybridized carbons (Fsp3) is 0.900. The maximum Gasteiger partial charge on any atom is 0.0744 e. The molecular weight excluding hydrogens is 432 g/mol. The van der Waals surface area contributed by atoms with Crippen molar-refractivity contribution in [1.82, 2.24) is 0 Å². The third-order valence-corrected chi connectivity index (χ3v) is 10.1. The van der Waals surface area contributed by atoms with E-state index in [4.69, 9.17) is 0 Å². The Labute approximate surface area is 163 Å². The van der Waals surface area contributed by atoms with Crippen LogP contribution in [0.3, 0.4) is 0 Å². The van der Waals surface area contributed by atoms with E-state index in [1.165, 1.54) is 5.57 Å². The molecule has 24 heavy (non-hydrogen) atoms. The minimum atomic E-state index is -0.615. The van der Waals surface area contributed by atoms with Crippen LogP contribution in [0.1, 0.15) is 59.8 Å². The molecule has 3 aliphatic carbocycles. The van der Waals surface area contributed by atoms with E-state index in [0.717, 1.165) is 32.1 Å². The van der Waals surface area contributed by atoms with E-state index in [1.54, 1.807) is 0 Å². The standard InChI is InChI=1S/C20H32Br2O2/c1-11(12-6-8-19(4,23)14(21)10-12)15-17(22)16-13(18(15,2)3)7-9-20(16,5)24/h12-17,23-24H,1,6-10H2,2-5H3. The van der Waals surface area contributed by atoms with Gasteiger partial charge in [0, 0.05) is 15.6 Å². The van der Waals surface area contributed by atoms with Gasteiger partial charge in [-0.25, -0.2) is 0 Å². The van der Waals surface area contributed by atoms with Crippen LogP contribution in [-0.2, 0) is 0 Å². The molecule has 2 nitrogen and oxygen atoms in total. The topological polar surface area (TPSA) is 40.5 Å². The predicted molar refractivity (Wildman–Crippen MR) is 107 cm³/mol. The lowest BCUT2D eigenvalue weighted by molar-refractivity contribution is 0.0153. The molecule has 0 radical (unpaired) electrons. The highest BCUT2D eigenvalue weighted by Gasteiger charge is 2.63. The molecule has 8 unspecified atom stereocenters. The van der Waals surface area contributed by atoms with Gasteiger partial charge in [0.15, 0.2) is 0 Å². The van der Waals surface area contributed by atoms with Crippen LogP contribution in [0.2, 0.25) is 0 Å². The minimum absolute atomic E-state index is 0.126. The maximum absolute atomic E-state index is 10.9. The molecule has 3 rings (SSSR count). The fourth-order valence-corrected chi connectivity index (χ4v) is 8.63. The van der Waals surface area contributed by atoms with Gasteiger partial charge >= 0.3 is 0 Å². The average molecular weight is 464 g/mol. The highest BCUT2D eigenvalue weighted by atomic mass is 79.9. The van der Waals surface area contributed by atoms with Gasteiger partial charge in [-0.3, -0.25) is 0 Å². The number of hydrogen-bond acceptors (Lipinski definition) is 2. The number of hydrogen-bond donors (Lipinski definition) is 2. The summed E-state index contributed by atoms with van der Waals surface area (Å²) in [6, 6.07) is 0. The first-order valence-corrected chi connectivity index (χ1v) is 11.1. The quantitative estimate of drug-likeness (QED) is 0.444. The summed E-state index contributed by atoms with van der Waals surface area (Å²) in [5.41, 5.74) is 0.292. The first-order valence-electron chi connectivity index (χ1n) is 9.31. The van der Waals surface area contributed by atoms with Crippen molar-refractivity contribution in [2.24, 2.45) is 29.1 Å². The summed E-state index contributed by atoms with van der Waals surface area (Å²) in [7, 11) is 0. The van der Waals surface area contributed by atoms with Crippen LogP contribution >= 0.6 is 31.9 Å². The Kier molecular flexibility index (Phi) is 4.90. The maximum atomic E-state index is 10.9. The van der Waals surface area contributed by atoms with Gasteiger partial charge in [0.1, 0.15) is 0 Å². The van der Waals surface area contributed by atoms with Crippen molar-refractivity contribution < 1.29 is 10.2 Å². The average Bonchev–Trinajstić information content (AvgIpc) is 2.87. The van der Waals surface area contributed by atoms with E-state index in [1.807, 2.05) is 13.8 Å². The molecule has 0 heterocycles. The van der Waals surface area contributed by atoms with E-state index < -0.39 is 11.2 Å². The molecule has 0 bridgehead atoms. The summed E-state index contributed by atoms with van der Waals surface area (Å²) < 4.78 is 0. The monoisotopic (exact) mass is 462 g/mol. The Hall–Kier alpha value is 0.620. The molecule has 0 aromatic rings. The van der Waals surface area contributed by atoms with E-state index in [2.05, 4.69) is 52.3 Å². The van der Waals surface area contributed by atoms with Crippen molar-refractivity contribution in [1.29, 1.82) is 0 Å². The van der Waals surface area contributed by atoms with Crippen molar-refractivity contribution in [3.05, 3.63) is 12.2 Å². The lowest BCUT2D eigenvalue weighted by Crippen LogP contribution is -2.43. The van der Waals surface area contributed by atoms with Crippen LogP contribution < -0.4 is 0 Å². The summed E-state index contributed by atoms with van der Waals surface area (Å²) in [6.45, 7) is 13.2. The first-order chi connectivity index (χ1) is 10.9. The largest absolute Gasteiger partial charge is 0.390 e. The van der Waals surface area contributed by atoms with Gasteiger partial charge in [-0.1, -0.05) is 57.9 Å². The molecule has 3 aliphatic rings. The molecule has 0 saturated heterocycles. The first kappa shape index (κ1) is 19.4. The SMILES string of the molecule is C=C(C1CCC(C)(O)C(Br)C1)C1C(Br)C2C(CCC2(C)O)C1(C)C. The number of alkyl halides is 2. The Morgan fingerprint density at radius 1 is 1.00 bits per heavy atom. The van der Waals surface area contributed by atoms with Crippen LogP contribution in [0.4, 0.5) is 0 Å². The number of allylic oxidation sites excluding steroid dienone is 1.